The number of alkyl halides is 3. The van der Waals surface area contributed by atoms with Crippen molar-refractivity contribution in [2.45, 2.75) is 39.2 Å². The number of aromatic nitrogens is 1. The highest BCUT2D eigenvalue weighted by molar-refractivity contribution is 6.31. The van der Waals surface area contributed by atoms with Gasteiger partial charge in [-0.05, 0) is 62.2 Å². The van der Waals surface area contributed by atoms with Crippen LogP contribution in [0.2, 0.25) is 5.02 Å². The van der Waals surface area contributed by atoms with Gasteiger partial charge in [0.15, 0.2) is 6.10 Å². The topological polar surface area (TPSA) is 59.4 Å². The zero-order valence-corrected chi connectivity index (χ0v) is 17.2. The molecule has 3 aromatic rings. The van der Waals surface area contributed by atoms with E-state index < -0.39 is 29.9 Å². The van der Waals surface area contributed by atoms with E-state index in [0.29, 0.717) is 32.7 Å². The second-order valence-corrected chi connectivity index (χ2v) is 7.56. The van der Waals surface area contributed by atoms with Crippen LogP contribution >= 0.6 is 11.6 Å². The van der Waals surface area contributed by atoms with Gasteiger partial charge in [-0.25, -0.2) is 4.79 Å². The molecular formula is C22H19ClF3NO3. The maximum atomic E-state index is 13.0. The number of nitrogens with zero attached hydrogens (tertiary/aromatic N) is 1. The van der Waals surface area contributed by atoms with Gasteiger partial charge in [0.1, 0.15) is 0 Å². The molecule has 1 N–H and O–H groups in total. The maximum absolute atomic E-state index is 13.0. The lowest BCUT2D eigenvalue weighted by Crippen LogP contribution is -2.21. The van der Waals surface area contributed by atoms with Crippen molar-refractivity contribution < 1.29 is 27.8 Å². The van der Waals surface area contributed by atoms with Crippen molar-refractivity contribution in [2.24, 2.45) is 0 Å². The molecule has 0 aliphatic heterocycles. The summed E-state index contributed by atoms with van der Waals surface area (Å²) in [6.07, 6.45) is -6.23. The summed E-state index contributed by atoms with van der Waals surface area (Å²) in [6.45, 7) is 5.05. The number of hydrogen-bond donors (Lipinski definition) is 1. The highest BCUT2D eigenvalue weighted by atomic mass is 35.5. The molecule has 0 aliphatic carbocycles. The second-order valence-electron chi connectivity index (χ2n) is 7.13. The fourth-order valence-corrected chi connectivity index (χ4v) is 3.52. The Kier molecular flexibility index (Phi) is 6.06. The molecule has 0 aliphatic rings. The fraction of sp³-hybridized carbons (Fsp3) is 0.273. The van der Waals surface area contributed by atoms with Crippen LogP contribution in [0.1, 0.15) is 36.8 Å². The van der Waals surface area contributed by atoms with Gasteiger partial charge in [-0.2, -0.15) is 13.2 Å². The fourth-order valence-electron chi connectivity index (χ4n) is 3.35. The number of rotatable bonds is 5. The van der Waals surface area contributed by atoms with Crippen LogP contribution < -0.4 is 0 Å². The Hall–Kier alpha value is -2.64. The number of pyridine rings is 1. The number of carboxylic acids is 1. The van der Waals surface area contributed by atoms with E-state index >= 15 is 0 Å². The van der Waals surface area contributed by atoms with E-state index in [1.165, 1.54) is 12.1 Å². The molecule has 1 aromatic heterocycles. The summed E-state index contributed by atoms with van der Waals surface area (Å²) in [5.74, 6) is -1.22. The summed E-state index contributed by atoms with van der Waals surface area (Å²) in [5, 5.41) is 10.7. The molecule has 4 nitrogen and oxygen atoms in total. The Morgan fingerprint density at radius 1 is 1.13 bits per heavy atom. The molecule has 1 unspecified atom stereocenters. The van der Waals surface area contributed by atoms with Crippen LogP contribution in [0.15, 0.2) is 42.5 Å². The van der Waals surface area contributed by atoms with Crippen molar-refractivity contribution in [3.63, 3.8) is 0 Å². The summed E-state index contributed by atoms with van der Waals surface area (Å²) < 4.78 is 44.7. The molecule has 0 saturated carbocycles. The van der Waals surface area contributed by atoms with Crippen LogP contribution in [0, 0.1) is 6.92 Å². The van der Waals surface area contributed by atoms with Gasteiger partial charge in [0.2, 0.25) is 0 Å². The van der Waals surface area contributed by atoms with Gasteiger partial charge in [0, 0.05) is 21.7 Å². The third kappa shape index (κ3) is 4.42. The van der Waals surface area contributed by atoms with Crippen molar-refractivity contribution >= 4 is 28.5 Å². The van der Waals surface area contributed by atoms with Crippen LogP contribution in [0.25, 0.3) is 22.0 Å². The third-order valence-corrected chi connectivity index (χ3v) is 4.81. The number of carbonyl (C=O) groups is 1. The highest BCUT2D eigenvalue weighted by Gasteiger charge is 2.32. The minimum atomic E-state index is -4.48. The van der Waals surface area contributed by atoms with Crippen molar-refractivity contribution in [1.82, 2.24) is 4.98 Å². The molecule has 2 aromatic carbocycles. The summed E-state index contributed by atoms with van der Waals surface area (Å²) in [6, 6.07) is 9.50. The first-order chi connectivity index (χ1) is 14.0. The first-order valence-corrected chi connectivity index (χ1v) is 9.52. The van der Waals surface area contributed by atoms with Crippen molar-refractivity contribution in [2.75, 3.05) is 0 Å². The molecule has 0 amide bonds. The predicted octanol–water partition coefficient (Wildman–Crippen LogP) is 6.43. The van der Waals surface area contributed by atoms with E-state index in [1.807, 2.05) is 0 Å². The van der Waals surface area contributed by atoms with Gasteiger partial charge in [-0.15, -0.1) is 0 Å². The van der Waals surface area contributed by atoms with E-state index in [4.69, 9.17) is 16.3 Å². The molecule has 8 heteroatoms. The third-order valence-electron chi connectivity index (χ3n) is 4.57. The van der Waals surface area contributed by atoms with Crippen LogP contribution in [-0.2, 0) is 15.7 Å². The Bertz CT molecular complexity index is 1100. The summed E-state index contributed by atoms with van der Waals surface area (Å²) >= 11 is 6.16. The molecule has 1 heterocycles. The van der Waals surface area contributed by atoms with E-state index in [2.05, 4.69) is 4.98 Å². The average Bonchev–Trinajstić information content (AvgIpc) is 2.65. The Labute approximate surface area is 176 Å². The molecule has 0 fully saturated rings. The first-order valence-electron chi connectivity index (χ1n) is 9.14. The number of ether oxygens (including phenoxy) is 1. The maximum Gasteiger partial charge on any atom is 0.416 e. The summed E-state index contributed by atoms with van der Waals surface area (Å²) in [4.78, 5) is 16.5. The predicted molar refractivity (Wildman–Crippen MR) is 109 cm³/mol. The standard InChI is InChI=1S/C22H19ClF3NO3/c1-11(2)30-20(21(28)29)18-12(3)27-17-9-8-15(23)10-16(17)19(18)13-4-6-14(7-5-13)22(24,25)26/h4-11,20H,1-3H3,(H,28,29). The van der Waals surface area contributed by atoms with E-state index in [0.717, 1.165) is 12.1 Å². The van der Waals surface area contributed by atoms with Gasteiger partial charge in [0.25, 0.3) is 0 Å². The van der Waals surface area contributed by atoms with Crippen molar-refractivity contribution in [1.29, 1.82) is 0 Å². The molecule has 0 saturated heterocycles. The van der Waals surface area contributed by atoms with Gasteiger partial charge in [-0.3, -0.25) is 4.98 Å². The zero-order chi connectivity index (χ0) is 22.2. The molecule has 3 rings (SSSR count). The largest absolute Gasteiger partial charge is 0.479 e. The minimum absolute atomic E-state index is 0.283. The Balaban J connectivity index is 2.36. The SMILES string of the molecule is Cc1nc2ccc(Cl)cc2c(-c2ccc(C(F)(F)F)cc2)c1C(OC(C)C)C(=O)O. The normalized spacial score (nSPS) is 13.1. The molecule has 0 radical (unpaired) electrons. The van der Waals surface area contributed by atoms with E-state index in [-0.39, 0.29) is 5.56 Å². The number of hydrogen-bond acceptors (Lipinski definition) is 3. The molecule has 30 heavy (non-hydrogen) atoms. The number of benzene rings is 2. The molecule has 0 bridgehead atoms. The van der Waals surface area contributed by atoms with Crippen molar-refractivity contribution in [3.8, 4) is 11.1 Å². The second kappa shape index (κ2) is 8.24. The Morgan fingerprint density at radius 2 is 1.77 bits per heavy atom. The quantitative estimate of drug-likeness (QED) is 0.499. The number of halogens is 4. The first kappa shape index (κ1) is 22.1. The minimum Gasteiger partial charge on any atom is -0.479 e. The summed E-state index contributed by atoms with van der Waals surface area (Å²) in [5.41, 5.74) is 1.29. The van der Waals surface area contributed by atoms with E-state index in [1.54, 1.807) is 39.0 Å². The van der Waals surface area contributed by atoms with Gasteiger partial charge < -0.3 is 9.84 Å². The lowest BCUT2D eigenvalue weighted by atomic mass is 9.90. The van der Waals surface area contributed by atoms with Gasteiger partial charge >= 0.3 is 12.1 Å². The number of aliphatic carboxylic acids is 1. The van der Waals surface area contributed by atoms with Gasteiger partial charge in [-0.1, -0.05) is 23.7 Å². The van der Waals surface area contributed by atoms with Crippen LogP contribution in [0.4, 0.5) is 13.2 Å². The zero-order valence-electron chi connectivity index (χ0n) is 16.4. The molecular weight excluding hydrogens is 419 g/mol. The van der Waals surface area contributed by atoms with Gasteiger partial charge in [0.05, 0.1) is 17.2 Å². The monoisotopic (exact) mass is 437 g/mol. The van der Waals surface area contributed by atoms with Crippen LogP contribution in [-0.4, -0.2) is 22.2 Å². The molecule has 0 spiro atoms. The van der Waals surface area contributed by atoms with Crippen LogP contribution in [0.3, 0.4) is 0 Å². The van der Waals surface area contributed by atoms with Crippen LogP contribution in [0.5, 0.6) is 0 Å². The smallest absolute Gasteiger partial charge is 0.416 e. The molecule has 158 valence electrons. The number of fused-ring (bicyclic) bond motifs is 1. The highest BCUT2D eigenvalue weighted by Crippen LogP contribution is 2.40. The van der Waals surface area contributed by atoms with E-state index in [9.17, 15) is 23.1 Å². The average molecular weight is 438 g/mol. The number of carboxylic acid groups (broad SMARTS) is 1. The summed E-state index contributed by atoms with van der Waals surface area (Å²) in [7, 11) is 0. The number of aryl methyl sites for hydroxylation is 1. The lowest BCUT2D eigenvalue weighted by Gasteiger charge is -2.23. The molecule has 1 atom stereocenters. The van der Waals surface area contributed by atoms with Crippen molar-refractivity contribution in [3.05, 3.63) is 64.3 Å². The Morgan fingerprint density at radius 3 is 2.30 bits per heavy atom. The lowest BCUT2D eigenvalue weighted by molar-refractivity contribution is -0.153.